The average molecular weight is 261 g/mol. The molecule has 1 aliphatic heterocycles. The zero-order valence-corrected chi connectivity index (χ0v) is 10.5. The third-order valence-electron chi connectivity index (χ3n) is 4.19. The summed E-state index contributed by atoms with van der Waals surface area (Å²) in [6.45, 7) is 2.67. The van der Waals surface area contributed by atoms with Crippen LogP contribution in [0, 0.1) is 12.8 Å². The lowest BCUT2D eigenvalue weighted by Crippen LogP contribution is -2.65. The number of rotatable bonds is 2. The minimum atomic E-state index is 0.0971. The second-order valence-electron chi connectivity index (χ2n) is 5.21. The van der Waals surface area contributed by atoms with Crippen LogP contribution in [0.4, 0.5) is 5.82 Å². The van der Waals surface area contributed by atoms with Crippen molar-refractivity contribution >= 4 is 16.9 Å². The van der Waals surface area contributed by atoms with Crippen molar-refractivity contribution in [2.24, 2.45) is 11.7 Å². The Balaban J connectivity index is 1.67. The van der Waals surface area contributed by atoms with Crippen molar-refractivity contribution in [1.29, 1.82) is 0 Å². The Bertz CT molecular complexity index is 628. The van der Waals surface area contributed by atoms with Gasteiger partial charge in [0.15, 0.2) is 0 Å². The Morgan fingerprint density at radius 3 is 3.21 bits per heavy atom. The molecule has 3 N–H and O–H groups in total. The normalized spacial score (nSPS) is 33.2. The molecule has 2 fully saturated rings. The molecular weight excluding hydrogens is 246 g/mol. The molecule has 0 radical (unpaired) electrons. The van der Waals surface area contributed by atoms with Crippen LogP contribution in [0.2, 0.25) is 0 Å². The summed E-state index contributed by atoms with van der Waals surface area (Å²) in [5.74, 6) is 1.19. The van der Waals surface area contributed by atoms with Gasteiger partial charge in [-0.3, -0.25) is 0 Å². The second-order valence-corrected chi connectivity index (χ2v) is 5.21. The number of nitrogens with two attached hydrogens (primary N) is 1. The monoisotopic (exact) mass is 261 g/mol. The van der Waals surface area contributed by atoms with Crippen molar-refractivity contribution in [3.63, 3.8) is 0 Å². The highest BCUT2D eigenvalue weighted by atomic mass is 16.5. The second kappa shape index (κ2) is 3.88. The maximum absolute atomic E-state index is 6.19. The highest BCUT2D eigenvalue weighted by molar-refractivity contribution is 5.87. The standard InChI is InChI=1S/C12H15N5O2/c1-5-7-11(14-4-15-12(7)19-17-5)16-9-8(13)6-2-3-18-10(6)9/h4,6,8-10H,2-3,13H2,1H3,(H,14,15,16). The summed E-state index contributed by atoms with van der Waals surface area (Å²) >= 11 is 0. The number of hydrogen-bond acceptors (Lipinski definition) is 7. The van der Waals surface area contributed by atoms with Crippen LogP contribution in [0.3, 0.4) is 0 Å². The molecule has 0 aromatic carbocycles. The highest BCUT2D eigenvalue weighted by Gasteiger charge is 2.52. The van der Waals surface area contributed by atoms with E-state index in [4.69, 9.17) is 15.0 Å². The Morgan fingerprint density at radius 2 is 2.32 bits per heavy atom. The number of nitrogens with zero attached hydrogens (tertiary/aromatic N) is 3. The fourth-order valence-corrected chi connectivity index (χ4v) is 3.12. The lowest BCUT2D eigenvalue weighted by Gasteiger charge is -2.45. The van der Waals surface area contributed by atoms with Crippen LogP contribution >= 0.6 is 0 Å². The van der Waals surface area contributed by atoms with Gasteiger partial charge in [0.1, 0.15) is 17.5 Å². The first-order chi connectivity index (χ1) is 9.25. The number of aromatic nitrogens is 3. The van der Waals surface area contributed by atoms with E-state index < -0.39 is 0 Å². The number of nitrogens with one attached hydrogen (secondary N) is 1. The van der Waals surface area contributed by atoms with E-state index in [0.717, 1.165) is 29.9 Å². The van der Waals surface area contributed by atoms with Gasteiger partial charge < -0.3 is 20.3 Å². The first-order valence-electron chi connectivity index (χ1n) is 6.46. The van der Waals surface area contributed by atoms with E-state index in [1.165, 1.54) is 6.33 Å². The fourth-order valence-electron chi connectivity index (χ4n) is 3.12. The van der Waals surface area contributed by atoms with Crippen LogP contribution in [0.15, 0.2) is 10.9 Å². The molecule has 0 amide bonds. The van der Waals surface area contributed by atoms with Crippen molar-refractivity contribution in [3.05, 3.63) is 12.0 Å². The van der Waals surface area contributed by atoms with Gasteiger partial charge in [0.2, 0.25) is 0 Å². The summed E-state index contributed by atoms with van der Waals surface area (Å²) in [7, 11) is 0. The molecule has 1 saturated carbocycles. The predicted molar refractivity (Wildman–Crippen MR) is 67.6 cm³/mol. The summed E-state index contributed by atoms with van der Waals surface area (Å²) in [6, 6.07) is 0.206. The smallest absolute Gasteiger partial charge is 0.263 e. The van der Waals surface area contributed by atoms with Crippen molar-refractivity contribution in [1.82, 2.24) is 15.1 Å². The first-order valence-corrected chi connectivity index (χ1v) is 6.46. The summed E-state index contributed by atoms with van der Waals surface area (Å²) < 4.78 is 10.8. The van der Waals surface area contributed by atoms with Gasteiger partial charge in [-0.2, -0.15) is 4.98 Å². The van der Waals surface area contributed by atoms with E-state index in [-0.39, 0.29) is 18.2 Å². The van der Waals surface area contributed by atoms with Crippen molar-refractivity contribution in [2.75, 3.05) is 11.9 Å². The molecule has 7 nitrogen and oxygen atoms in total. The van der Waals surface area contributed by atoms with E-state index in [1.54, 1.807) is 0 Å². The number of anilines is 1. The van der Waals surface area contributed by atoms with Gasteiger partial charge in [0, 0.05) is 18.6 Å². The molecule has 1 aliphatic carbocycles. The number of aryl methyl sites for hydroxylation is 1. The van der Waals surface area contributed by atoms with Gasteiger partial charge in [-0.05, 0) is 13.3 Å². The van der Waals surface area contributed by atoms with E-state index in [9.17, 15) is 0 Å². The lowest BCUT2D eigenvalue weighted by molar-refractivity contribution is 0.00529. The summed E-state index contributed by atoms with van der Waals surface area (Å²) in [5, 5.41) is 8.10. The zero-order valence-electron chi connectivity index (χ0n) is 10.5. The summed E-state index contributed by atoms with van der Waals surface area (Å²) in [4.78, 5) is 8.33. The first kappa shape index (κ1) is 11.1. The van der Waals surface area contributed by atoms with Gasteiger partial charge in [0.25, 0.3) is 5.71 Å². The van der Waals surface area contributed by atoms with Gasteiger partial charge >= 0.3 is 0 Å². The van der Waals surface area contributed by atoms with Crippen molar-refractivity contribution < 1.29 is 9.26 Å². The van der Waals surface area contributed by atoms with Gasteiger partial charge in [-0.15, -0.1) is 0 Å². The Morgan fingerprint density at radius 1 is 1.42 bits per heavy atom. The van der Waals surface area contributed by atoms with Crippen LogP contribution in [-0.4, -0.2) is 39.9 Å². The van der Waals surface area contributed by atoms with Gasteiger partial charge in [0.05, 0.1) is 17.8 Å². The number of ether oxygens (including phenoxy) is 1. The van der Waals surface area contributed by atoms with Crippen LogP contribution < -0.4 is 11.1 Å². The molecule has 1 saturated heterocycles. The van der Waals surface area contributed by atoms with E-state index in [0.29, 0.717) is 11.6 Å². The van der Waals surface area contributed by atoms with Crippen molar-refractivity contribution in [2.45, 2.75) is 31.5 Å². The van der Waals surface area contributed by atoms with Crippen LogP contribution in [0.5, 0.6) is 0 Å². The van der Waals surface area contributed by atoms with Crippen LogP contribution in [0.1, 0.15) is 12.1 Å². The van der Waals surface area contributed by atoms with Crippen LogP contribution in [0.25, 0.3) is 11.1 Å². The molecule has 4 rings (SSSR count). The zero-order chi connectivity index (χ0) is 13.0. The Labute approximate surface area is 109 Å². The molecule has 7 heteroatoms. The Hall–Kier alpha value is -1.73. The maximum Gasteiger partial charge on any atom is 0.263 e. The molecule has 2 aliphatic rings. The van der Waals surface area contributed by atoms with Crippen molar-refractivity contribution in [3.8, 4) is 0 Å². The number of hydrogen-bond donors (Lipinski definition) is 2. The minimum Gasteiger partial charge on any atom is -0.376 e. The van der Waals surface area contributed by atoms with E-state index in [2.05, 4.69) is 20.4 Å². The molecule has 4 unspecified atom stereocenters. The predicted octanol–water partition coefficient (Wildman–Crippen LogP) is 0.453. The molecule has 0 bridgehead atoms. The van der Waals surface area contributed by atoms with E-state index >= 15 is 0 Å². The summed E-state index contributed by atoms with van der Waals surface area (Å²) in [5.41, 5.74) is 7.45. The minimum absolute atomic E-state index is 0.0971. The summed E-state index contributed by atoms with van der Waals surface area (Å²) in [6.07, 6.45) is 2.71. The molecule has 19 heavy (non-hydrogen) atoms. The molecule has 2 aromatic heterocycles. The van der Waals surface area contributed by atoms with Gasteiger partial charge in [-0.25, -0.2) is 4.98 Å². The maximum atomic E-state index is 6.19. The van der Waals surface area contributed by atoms with E-state index in [1.807, 2.05) is 6.92 Å². The van der Waals surface area contributed by atoms with Crippen LogP contribution in [-0.2, 0) is 4.74 Å². The lowest BCUT2D eigenvalue weighted by atomic mass is 9.72. The quantitative estimate of drug-likeness (QED) is 0.809. The third kappa shape index (κ3) is 1.48. The molecule has 4 atom stereocenters. The van der Waals surface area contributed by atoms with Gasteiger partial charge in [-0.1, -0.05) is 5.16 Å². The topological polar surface area (TPSA) is 99.1 Å². The molecule has 3 heterocycles. The largest absolute Gasteiger partial charge is 0.376 e. The third-order valence-corrected chi connectivity index (χ3v) is 4.19. The molecule has 100 valence electrons. The number of fused-ring (bicyclic) bond motifs is 2. The fraction of sp³-hybridized carbons (Fsp3) is 0.583. The molecule has 2 aromatic rings. The average Bonchev–Trinajstić information content (AvgIpc) is 3.01. The Kier molecular flexibility index (Phi) is 2.27. The molecule has 0 spiro atoms. The highest BCUT2D eigenvalue weighted by Crippen LogP contribution is 2.39. The SMILES string of the molecule is Cc1noc2ncnc(NC3C(N)C4CCOC43)c12. The molecular formula is C12H15N5O2.